The number of amides is 2. The number of aliphatic carboxylic acids is 1. The fourth-order valence-electron chi connectivity index (χ4n) is 1.31. The van der Waals surface area contributed by atoms with E-state index in [1.165, 1.54) is 19.2 Å². The molecule has 20 heavy (non-hydrogen) atoms. The molecule has 0 spiro atoms. The number of nitrogens with one attached hydrogen (secondary N) is 2. The molecule has 7 nitrogen and oxygen atoms in total. The molecule has 0 aliphatic heterocycles. The fraction of sp³-hybridized carbons (Fsp3) is 0.308. The van der Waals surface area contributed by atoms with E-state index in [9.17, 15) is 14.4 Å². The van der Waals surface area contributed by atoms with Gasteiger partial charge in [-0.25, -0.2) is 0 Å². The van der Waals surface area contributed by atoms with E-state index in [1.54, 1.807) is 19.1 Å². The van der Waals surface area contributed by atoms with Crippen LogP contribution in [0, 0.1) is 0 Å². The number of benzene rings is 1. The van der Waals surface area contributed by atoms with Gasteiger partial charge in [0, 0.05) is 18.4 Å². The third-order valence-electron chi connectivity index (χ3n) is 2.54. The van der Waals surface area contributed by atoms with Gasteiger partial charge in [-0.3, -0.25) is 14.4 Å². The summed E-state index contributed by atoms with van der Waals surface area (Å²) >= 11 is 0. The quantitative estimate of drug-likeness (QED) is 0.702. The molecule has 0 fully saturated rings. The van der Waals surface area contributed by atoms with Crippen LogP contribution in [0.3, 0.4) is 0 Å². The second-order valence-corrected chi connectivity index (χ2v) is 4.02. The molecule has 0 aromatic heterocycles. The normalized spacial score (nSPS) is 11.5. The largest absolute Gasteiger partial charge is 0.480 e. The van der Waals surface area contributed by atoms with Gasteiger partial charge in [0.05, 0.1) is 0 Å². The number of carboxylic acids is 1. The van der Waals surface area contributed by atoms with E-state index in [2.05, 4.69) is 10.6 Å². The fourth-order valence-corrected chi connectivity index (χ4v) is 1.31. The van der Waals surface area contributed by atoms with Crippen molar-refractivity contribution in [1.82, 2.24) is 5.32 Å². The van der Waals surface area contributed by atoms with Crippen LogP contribution in [-0.4, -0.2) is 42.6 Å². The summed E-state index contributed by atoms with van der Waals surface area (Å²) in [6, 6.07) is 6.08. The van der Waals surface area contributed by atoms with Crippen molar-refractivity contribution in [2.45, 2.75) is 13.0 Å². The molecule has 1 aromatic rings. The highest BCUT2D eigenvalue weighted by Crippen LogP contribution is 2.10. The SMILES string of the molecule is COC(C)C(=O)Nc1ccc(C(=O)NCC(=O)O)cc1. The van der Waals surface area contributed by atoms with E-state index >= 15 is 0 Å². The maximum Gasteiger partial charge on any atom is 0.322 e. The molecule has 0 radical (unpaired) electrons. The average molecular weight is 280 g/mol. The highest BCUT2D eigenvalue weighted by Gasteiger charge is 2.12. The van der Waals surface area contributed by atoms with Gasteiger partial charge in [-0.05, 0) is 31.2 Å². The molecule has 1 atom stereocenters. The average Bonchev–Trinajstić information content (AvgIpc) is 2.44. The van der Waals surface area contributed by atoms with Gasteiger partial charge in [0.15, 0.2) is 0 Å². The van der Waals surface area contributed by atoms with Gasteiger partial charge in [0.25, 0.3) is 11.8 Å². The van der Waals surface area contributed by atoms with Crippen LogP contribution in [0.1, 0.15) is 17.3 Å². The number of carboxylic acid groups (broad SMARTS) is 1. The minimum atomic E-state index is -1.12. The Morgan fingerprint density at radius 2 is 1.85 bits per heavy atom. The second kappa shape index (κ2) is 7.25. The molecule has 0 aliphatic rings. The van der Waals surface area contributed by atoms with Crippen LogP contribution in [0.5, 0.6) is 0 Å². The zero-order valence-electron chi connectivity index (χ0n) is 11.2. The minimum absolute atomic E-state index is 0.296. The van der Waals surface area contributed by atoms with Crippen LogP contribution >= 0.6 is 0 Å². The first-order valence-corrected chi connectivity index (χ1v) is 5.87. The monoisotopic (exact) mass is 280 g/mol. The van der Waals surface area contributed by atoms with Gasteiger partial charge in [0.1, 0.15) is 12.6 Å². The molecule has 1 aromatic carbocycles. The van der Waals surface area contributed by atoms with Crippen LogP contribution < -0.4 is 10.6 Å². The van der Waals surface area contributed by atoms with Crippen LogP contribution in [0.15, 0.2) is 24.3 Å². The lowest BCUT2D eigenvalue weighted by Crippen LogP contribution is -2.29. The Morgan fingerprint density at radius 1 is 1.25 bits per heavy atom. The van der Waals surface area contributed by atoms with Crippen LogP contribution in [-0.2, 0) is 14.3 Å². The molecule has 1 unspecified atom stereocenters. The van der Waals surface area contributed by atoms with Crippen LogP contribution in [0.25, 0.3) is 0 Å². The molecule has 0 bridgehead atoms. The Bertz CT molecular complexity index is 498. The number of rotatable bonds is 6. The van der Waals surface area contributed by atoms with E-state index in [-0.39, 0.29) is 5.91 Å². The molecule has 108 valence electrons. The molecule has 1 rings (SSSR count). The third-order valence-corrected chi connectivity index (χ3v) is 2.54. The van der Waals surface area contributed by atoms with Crippen LogP contribution in [0.2, 0.25) is 0 Å². The van der Waals surface area contributed by atoms with Gasteiger partial charge in [-0.1, -0.05) is 0 Å². The highest BCUT2D eigenvalue weighted by molar-refractivity contribution is 5.97. The predicted molar refractivity (Wildman–Crippen MR) is 71.5 cm³/mol. The summed E-state index contributed by atoms with van der Waals surface area (Å²) in [4.78, 5) is 33.4. The minimum Gasteiger partial charge on any atom is -0.480 e. The predicted octanol–water partition coefficient (Wildman–Crippen LogP) is 0.474. The van der Waals surface area contributed by atoms with E-state index in [1.807, 2.05) is 0 Å². The lowest BCUT2D eigenvalue weighted by molar-refractivity contribution is -0.135. The first-order chi connectivity index (χ1) is 9.43. The molecule has 7 heteroatoms. The zero-order chi connectivity index (χ0) is 15.1. The van der Waals surface area contributed by atoms with E-state index in [4.69, 9.17) is 9.84 Å². The molecule has 0 saturated heterocycles. The Hall–Kier alpha value is -2.41. The molecular formula is C13H16N2O5. The molecule has 3 N–H and O–H groups in total. The Morgan fingerprint density at radius 3 is 2.35 bits per heavy atom. The number of anilines is 1. The number of carbonyl (C=O) groups excluding carboxylic acids is 2. The molecular weight excluding hydrogens is 264 g/mol. The van der Waals surface area contributed by atoms with Crippen molar-refractivity contribution >= 4 is 23.5 Å². The molecule has 0 saturated carbocycles. The summed E-state index contributed by atoms with van der Waals surface area (Å²) in [5.74, 6) is -1.90. The number of carbonyl (C=O) groups is 3. The van der Waals surface area contributed by atoms with Gasteiger partial charge in [-0.2, -0.15) is 0 Å². The topological polar surface area (TPSA) is 105 Å². The standard InChI is InChI=1S/C13H16N2O5/c1-8(20-2)12(18)15-10-5-3-9(4-6-10)13(19)14-7-11(16)17/h3-6,8H,7H2,1-2H3,(H,14,19)(H,15,18)(H,16,17). The van der Waals surface area contributed by atoms with Gasteiger partial charge in [0.2, 0.25) is 0 Å². The van der Waals surface area contributed by atoms with Crippen molar-refractivity contribution in [3.05, 3.63) is 29.8 Å². The number of ether oxygens (including phenoxy) is 1. The number of methoxy groups -OCH3 is 1. The van der Waals surface area contributed by atoms with Gasteiger partial charge in [-0.15, -0.1) is 0 Å². The van der Waals surface area contributed by atoms with Crippen molar-refractivity contribution in [2.24, 2.45) is 0 Å². The first kappa shape index (κ1) is 15.6. The smallest absolute Gasteiger partial charge is 0.322 e. The first-order valence-electron chi connectivity index (χ1n) is 5.87. The van der Waals surface area contributed by atoms with Gasteiger partial charge >= 0.3 is 5.97 Å². The van der Waals surface area contributed by atoms with Crippen LogP contribution in [0.4, 0.5) is 5.69 Å². The van der Waals surface area contributed by atoms with Crippen molar-refractivity contribution in [3.63, 3.8) is 0 Å². The Labute approximate surface area is 115 Å². The van der Waals surface area contributed by atoms with E-state index in [0.717, 1.165) is 0 Å². The van der Waals surface area contributed by atoms with E-state index < -0.39 is 24.5 Å². The van der Waals surface area contributed by atoms with Crippen molar-refractivity contribution in [1.29, 1.82) is 0 Å². The second-order valence-electron chi connectivity index (χ2n) is 4.02. The number of hydrogen-bond donors (Lipinski definition) is 3. The Kier molecular flexibility index (Phi) is 5.67. The summed E-state index contributed by atoms with van der Waals surface area (Å²) in [5, 5.41) is 13.3. The lowest BCUT2D eigenvalue weighted by Gasteiger charge is -2.10. The summed E-state index contributed by atoms with van der Waals surface area (Å²) in [6.45, 7) is 1.17. The maximum atomic E-state index is 11.6. The summed E-state index contributed by atoms with van der Waals surface area (Å²) < 4.78 is 4.87. The third kappa shape index (κ3) is 4.69. The Balaban J connectivity index is 2.62. The molecule has 0 aliphatic carbocycles. The van der Waals surface area contributed by atoms with Crippen molar-refractivity contribution in [3.8, 4) is 0 Å². The van der Waals surface area contributed by atoms with Crippen molar-refractivity contribution < 1.29 is 24.2 Å². The van der Waals surface area contributed by atoms with Crippen molar-refractivity contribution in [2.75, 3.05) is 19.0 Å². The number of hydrogen-bond acceptors (Lipinski definition) is 4. The summed E-state index contributed by atoms with van der Waals surface area (Å²) in [7, 11) is 1.43. The molecule has 2 amide bonds. The summed E-state index contributed by atoms with van der Waals surface area (Å²) in [6.07, 6.45) is -0.575. The maximum absolute atomic E-state index is 11.6. The zero-order valence-corrected chi connectivity index (χ0v) is 11.2. The summed E-state index contributed by atoms with van der Waals surface area (Å²) in [5.41, 5.74) is 0.831. The van der Waals surface area contributed by atoms with E-state index in [0.29, 0.717) is 11.3 Å². The van der Waals surface area contributed by atoms with Gasteiger partial charge < -0.3 is 20.5 Å². The lowest BCUT2D eigenvalue weighted by atomic mass is 10.2. The molecule has 0 heterocycles. The highest BCUT2D eigenvalue weighted by atomic mass is 16.5.